The van der Waals surface area contributed by atoms with Crippen LogP contribution in [0.4, 0.5) is 11.4 Å². The van der Waals surface area contributed by atoms with Gasteiger partial charge in [-0.15, -0.1) is 22.7 Å². The average Bonchev–Trinajstić information content (AvgIpc) is 3.20. The van der Waals surface area contributed by atoms with Crippen molar-refractivity contribution < 1.29 is 5.11 Å². The number of nitrogens with zero attached hydrogens (tertiary/aromatic N) is 1. The molecule has 4 aromatic rings. The molecule has 0 aliphatic rings. The van der Waals surface area contributed by atoms with Gasteiger partial charge in [-0.2, -0.15) is 0 Å². The lowest BCUT2D eigenvalue weighted by molar-refractivity contribution is 0.306. The van der Waals surface area contributed by atoms with Gasteiger partial charge in [0.15, 0.2) is 0 Å². The lowest BCUT2D eigenvalue weighted by atomic mass is 10.1. The Kier molecular flexibility index (Phi) is 3.58. The summed E-state index contributed by atoms with van der Waals surface area (Å²) in [6.45, 7) is 0.720. The standard InChI is InChI=1S/C18H15NOS2/c20-10-9-19(15-5-1-3-13-7-11-21-17(13)15)16-6-2-4-14-8-12-22-18(14)16/h1-8,11-12,20H,9-10H2. The zero-order chi connectivity index (χ0) is 14.9. The molecular formula is C18H15NOS2. The van der Waals surface area contributed by atoms with Gasteiger partial charge in [0.05, 0.1) is 27.4 Å². The van der Waals surface area contributed by atoms with Crippen LogP contribution in [0.1, 0.15) is 0 Å². The number of aliphatic hydroxyl groups excluding tert-OH is 1. The first kappa shape index (κ1) is 13.8. The lowest BCUT2D eigenvalue weighted by Gasteiger charge is -2.25. The third-order valence-electron chi connectivity index (χ3n) is 3.82. The molecule has 0 aliphatic heterocycles. The van der Waals surface area contributed by atoms with Gasteiger partial charge in [-0.3, -0.25) is 0 Å². The fourth-order valence-corrected chi connectivity index (χ4v) is 4.69. The van der Waals surface area contributed by atoms with Crippen LogP contribution >= 0.6 is 22.7 Å². The molecule has 0 saturated carbocycles. The van der Waals surface area contributed by atoms with Crippen molar-refractivity contribution in [1.82, 2.24) is 0 Å². The summed E-state index contributed by atoms with van der Waals surface area (Å²) in [6.07, 6.45) is 0. The molecule has 0 spiro atoms. The molecule has 0 amide bonds. The van der Waals surface area contributed by atoms with Crippen LogP contribution in [0.3, 0.4) is 0 Å². The van der Waals surface area contributed by atoms with E-state index >= 15 is 0 Å². The van der Waals surface area contributed by atoms with E-state index in [0.717, 1.165) is 0 Å². The Morgan fingerprint density at radius 1 is 0.773 bits per heavy atom. The van der Waals surface area contributed by atoms with Gasteiger partial charge in [0.1, 0.15) is 0 Å². The van der Waals surface area contributed by atoms with Crippen LogP contribution in [-0.4, -0.2) is 18.3 Å². The van der Waals surface area contributed by atoms with Crippen molar-refractivity contribution in [3.05, 3.63) is 59.3 Å². The molecule has 2 heterocycles. The van der Waals surface area contributed by atoms with E-state index in [0.29, 0.717) is 6.54 Å². The van der Waals surface area contributed by atoms with Gasteiger partial charge in [-0.1, -0.05) is 24.3 Å². The largest absolute Gasteiger partial charge is 0.395 e. The quantitative estimate of drug-likeness (QED) is 0.554. The highest BCUT2D eigenvalue weighted by Crippen LogP contribution is 2.39. The van der Waals surface area contributed by atoms with E-state index in [1.807, 2.05) is 0 Å². The molecule has 2 aromatic carbocycles. The molecule has 4 heteroatoms. The van der Waals surface area contributed by atoms with Crippen LogP contribution in [0.25, 0.3) is 20.2 Å². The second kappa shape index (κ2) is 5.72. The Bertz CT molecular complexity index is 851. The fourth-order valence-electron chi connectivity index (χ4n) is 2.85. The molecular weight excluding hydrogens is 310 g/mol. The van der Waals surface area contributed by atoms with Crippen molar-refractivity contribution in [3.63, 3.8) is 0 Å². The second-order valence-electron chi connectivity index (χ2n) is 5.11. The van der Waals surface area contributed by atoms with Crippen LogP contribution in [-0.2, 0) is 0 Å². The summed E-state index contributed by atoms with van der Waals surface area (Å²) in [5.41, 5.74) is 2.34. The van der Waals surface area contributed by atoms with Gasteiger partial charge in [0.25, 0.3) is 0 Å². The first-order chi connectivity index (χ1) is 10.9. The SMILES string of the molecule is OCCN(c1cccc2ccsc12)c1cccc2ccsc12. The van der Waals surface area contributed by atoms with Crippen molar-refractivity contribution in [2.75, 3.05) is 18.1 Å². The molecule has 0 saturated heterocycles. The molecule has 0 unspecified atom stereocenters. The van der Waals surface area contributed by atoms with Gasteiger partial charge < -0.3 is 10.0 Å². The number of hydrogen-bond acceptors (Lipinski definition) is 4. The normalized spacial score (nSPS) is 11.3. The summed E-state index contributed by atoms with van der Waals surface area (Å²) in [6, 6.07) is 17.0. The van der Waals surface area contributed by atoms with Gasteiger partial charge in [0, 0.05) is 6.54 Å². The summed E-state index contributed by atoms with van der Waals surface area (Å²) in [5, 5.41) is 16.3. The Balaban J connectivity index is 1.94. The maximum Gasteiger partial charge on any atom is 0.0610 e. The third kappa shape index (κ3) is 2.20. The van der Waals surface area contributed by atoms with E-state index in [2.05, 4.69) is 64.2 Å². The predicted octanol–water partition coefficient (Wildman–Crippen LogP) is 5.25. The molecule has 0 aliphatic carbocycles. The maximum absolute atomic E-state index is 9.57. The minimum atomic E-state index is 0.128. The molecule has 2 nitrogen and oxygen atoms in total. The van der Waals surface area contributed by atoms with Gasteiger partial charge >= 0.3 is 0 Å². The Hall–Kier alpha value is -1.88. The Morgan fingerprint density at radius 2 is 1.32 bits per heavy atom. The average molecular weight is 325 g/mol. The number of aliphatic hydroxyl groups is 1. The summed E-state index contributed by atoms with van der Waals surface area (Å²) >= 11 is 3.50. The highest BCUT2D eigenvalue weighted by atomic mass is 32.1. The van der Waals surface area contributed by atoms with Crippen LogP contribution < -0.4 is 4.90 Å². The first-order valence-electron chi connectivity index (χ1n) is 7.19. The Morgan fingerprint density at radius 3 is 1.82 bits per heavy atom. The molecule has 0 atom stereocenters. The monoisotopic (exact) mass is 325 g/mol. The second-order valence-corrected chi connectivity index (χ2v) is 6.94. The summed E-state index contributed by atoms with van der Waals surface area (Å²) in [4.78, 5) is 2.23. The van der Waals surface area contributed by atoms with E-state index < -0.39 is 0 Å². The molecule has 2 aromatic heterocycles. The first-order valence-corrected chi connectivity index (χ1v) is 8.95. The van der Waals surface area contributed by atoms with E-state index in [4.69, 9.17) is 0 Å². The number of rotatable bonds is 4. The van der Waals surface area contributed by atoms with Crippen LogP contribution in [0.15, 0.2) is 59.3 Å². The zero-order valence-corrected chi connectivity index (χ0v) is 13.5. The van der Waals surface area contributed by atoms with Crippen molar-refractivity contribution in [2.24, 2.45) is 0 Å². The minimum absolute atomic E-state index is 0.128. The van der Waals surface area contributed by atoms with Crippen LogP contribution in [0, 0.1) is 0 Å². The predicted molar refractivity (Wildman–Crippen MR) is 97.7 cm³/mol. The number of hydrogen-bond donors (Lipinski definition) is 1. The number of anilines is 2. The van der Waals surface area contributed by atoms with Gasteiger partial charge in [0.2, 0.25) is 0 Å². The summed E-state index contributed by atoms with van der Waals surface area (Å²) in [7, 11) is 0. The maximum atomic E-state index is 9.57. The van der Waals surface area contributed by atoms with E-state index in [-0.39, 0.29) is 6.61 Å². The summed E-state index contributed by atoms with van der Waals surface area (Å²) < 4.78 is 2.54. The number of benzene rings is 2. The number of thiophene rings is 2. The molecule has 4 rings (SSSR count). The molecule has 0 bridgehead atoms. The molecule has 1 N–H and O–H groups in total. The van der Waals surface area contributed by atoms with Crippen molar-refractivity contribution in [2.45, 2.75) is 0 Å². The lowest BCUT2D eigenvalue weighted by Crippen LogP contribution is -2.21. The smallest absolute Gasteiger partial charge is 0.0610 e. The fraction of sp³-hybridized carbons (Fsp3) is 0.111. The third-order valence-corrected chi connectivity index (χ3v) is 5.73. The number of fused-ring (bicyclic) bond motifs is 2. The summed E-state index contributed by atoms with van der Waals surface area (Å²) in [5.74, 6) is 0. The molecule has 110 valence electrons. The van der Waals surface area contributed by atoms with Gasteiger partial charge in [-0.05, 0) is 45.8 Å². The highest BCUT2D eigenvalue weighted by molar-refractivity contribution is 7.18. The van der Waals surface area contributed by atoms with Crippen molar-refractivity contribution in [1.29, 1.82) is 0 Å². The van der Waals surface area contributed by atoms with Crippen LogP contribution in [0.2, 0.25) is 0 Å². The van der Waals surface area contributed by atoms with E-state index in [1.165, 1.54) is 31.5 Å². The van der Waals surface area contributed by atoms with Crippen LogP contribution in [0.5, 0.6) is 0 Å². The van der Waals surface area contributed by atoms with E-state index in [1.54, 1.807) is 22.7 Å². The minimum Gasteiger partial charge on any atom is -0.395 e. The molecule has 22 heavy (non-hydrogen) atoms. The zero-order valence-electron chi connectivity index (χ0n) is 11.9. The topological polar surface area (TPSA) is 23.5 Å². The Labute approximate surface area is 136 Å². The highest BCUT2D eigenvalue weighted by Gasteiger charge is 2.15. The van der Waals surface area contributed by atoms with Crippen molar-refractivity contribution >= 4 is 54.2 Å². The molecule has 0 radical (unpaired) electrons. The van der Waals surface area contributed by atoms with Gasteiger partial charge in [-0.25, -0.2) is 0 Å². The van der Waals surface area contributed by atoms with Crippen molar-refractivity contribution in [3.8, 4) is 0 Å². The van der Waals surface area contributed by atoms with E-state index in [9.17, 15) is 5.11 Å². The molecule has 0 fully saturated rings.